The van der Waals surface area contributed by atoms with Gasteiger partial charge in [-0.15, -0.1) is 0 Å². The Morgan fingerprint density at radius 3 is 2.86 bits per heavy atom. The molecule has 0 aliphatic rings. The SMILES string of the molecule is [2H]C([2H])([2H])C([2H])([2H])C([2H])([2H])C(=O)[O-].[Na+]. The zero-order chi connectivity index (χ0) is 11.1. The van der Waals surface area contributed by atoms with Crippen molar-refractivity contribution in [1.82, 2.24) is 0 Å². The summed E-state index contributed by atoms with van der Waals surface area (Å²) in [5, 5.41) is 10.1. The summed E-state index contributed by atoms with van der Waals surface area (Å²) in [6.45, 7) is -3.35. The predicted octanol–water partition coefficient (Wildman–Crippen LogP) is -3.46. The van der Waals surface area contributed by atoms with E-state index in [1.807, 2.05) is 0 Å². The number of carbonyl (C=O) groups is 1. The van der Waals surface area contributed by atoms with Crippen LogP contribution in [0.1, 0.15) is 29.2 Å². The van der Waals surface area contributed by atoms with Crippen molar-refractivity contribution in [3.63, 3.8) is 0 Å². The van der Waals surface area contributed by atoms with Gasteiger partial charge in [-0.2, -0.15) is 0 Å². The van der Waals surface area contributed by atoms with Crippen molar-refractivity contribution in [1.29, 1.82) is 0 Å². The molecule has 0 heterocycles. The summed E-state index contributed by atoms with van der Waals surface area (Å²) in [5.41, 5.74) is 0. The van der Waals surface area contributed by atoms with Gasteiger partial charge >= 0.3 is 29.6 Å². The maximum Gasteiger partial charge on any atom is 1.00 e. The first-order valence-corrected chi connectivity index (χ1v) is 1.16. The smallest absolute Gasteiger partial charge is 0.550 e. The van der Waals surface area contributed by atoms with Gasteiger partial charge < -0.3 is 9.90 Å². The topological polar surface area (TPSA) is 40.1 Å². The van der Waals surface area contributed by atoms with E-state index in [1.165, 1.54) is 0 Å². The summed E-state index contributed by atoms with van der Waals surface area (Å²) in [7, 11) is 0. The number of carboxylic acids is 1. The number of rotatable bonds is 2. The van der Waals surface area contributed by atoms with Gasteiger partial charge in [-0.1, -0.05) is 13.2 Å². The number of carboxylic acid groups (broad SMARTS) is 1. The third-order valence-corrected chi connectivity index (χ3v) is 0.165. The molecule has 0 amide bonds. The Bertz CT molecular complexity index is 222. The zero-order valence-corrected chi connectivity index (χ0v) is 5.82. The van der Waals surface area contributed by atoms with Crippen molar-refractivity contribution in [2.45, 2.75) is 19.6 Å². The second-order valence-electron chi connectivity index (χ2n) is 0.537. The molecular weight excluding hydrogens is 103 g/mol. The molecule has 0 bridgehead atoms. The molecule has 0 rings (SSSR count). The van der Waals surface area contributed by atoms with E-state index in [4.69, 9.17) is 9.60 Å². The monoisotopic (exact) mass is 117 g/mol. The Balaban J connectivity index is 0. The molecule has 0 atom stereocenters. The second kappa shape index (κ2) is 6.47. The molecule has 0 unspecified atom stereocenters. The van der Waals surface area contributed by atoms with Crippen LogP contribution in [-0.4, -0.2) is 5.97 Å². The molecule has 0 spiro atoms. The van der Waals surface area contributed by atoms with Gasteiger partial charge in [-0.05, 0) is 6.37 Å². The number of aliphatic carboxylic acids is 1. The molecular formula is C4H7NaO2. The van der Waals surface area contributed by atoms with E-state index in [1.54, 1.807) is 0 Å². The minimum absolute atomic E-state index is 0. The number of carbonyl (C=O) groups excluding carboxylic acids is 1. The largest absolute Gasteiger partial charge is 1.00 e. The van der Waals surface area contributed by atoms with Gasteiger partial charge in [0.1, 0.15) is 0 Å². The third-order valence-electron chi connectivity index (χ3n) is 0.165. The van der Waals surface area contributed by atoms with Crippen molar-refractivity contribution >= 4 is 5.97 Å². The average Bonchev–Trinajstić information content (AvgIpc) is 1.84. The number of hydrogen-bond donors (Lipinski definition) is 0. The molecule has 0 saturated heterocycles. The average molecular weight is 117 g/mol. The fourth-order valence-corrected chi connectivity index (χ4v) is 0.0510. The standard InChI is InChI=1S/C4H8O2.Na/c1-2-3-4(5)6;/h2-3H2,1H3,(H,5,6);/q;+1/p-1/i1D3,2D2,3D2;. The molecule has 36 valence electrons. The zero-order valence-electron chi connectivity index (χ0n) is 10.8. The molecule has 0 saturated carbocycles. The first kappa shape index (κ1) is 2.01. The minimum Gasteiger partial charge on any atom is -0.550 e. The van der Waals surface area contributed by atoms with Crippen molar-refractivity contribution < 1.29 is 49.1 Å². The quantitative estimate of drug-likeness (QED) is 0.353. The molecule has 7 heavy (non-hydrogen) atoms. The van der Waals surface area contributed by atoms with E-state index >= 15 is 0 Å². The van der Waals surface area contributed by atoms with Gasteiger partial charge in [0.05, 0.1) is 0 Å². The summed E-state index contributed by atoms with van der Waals surface area (Å²) >= 11 is 0. The van der Waals surface area contributed by atoms with Gasteiger partial charge in [-0.3, -0.25) is 0 Å². The third kappa shape index (κ3) is 10.7. The molecule has 0 fully saturated rings. The maximum absolute atomic E-state index is 10.1. The molecule has 0 aliphatic carbocycles. The Kier molecular flexibility index (Phi) is 1.86. The molecule has 0 radical (unpaired) electrons. The van der Waals surface area contributed by atoms with Crippen LogP contribution in [-0.2, 0) is 4.79 Å². The normalized spacial score (nSPS) is 27.7. The van der Waals surface area contributed by atoms with Crippen LogP contribution < -0.4 is 34.7 Å². The van der Waals surface area contributed by atoms with E-state index in [9.17, 15) is 9.90 Å². The van der Waals surface area contributed by atoms with E-state index in [0.29, 0.717) is 0 Å². The van der Waals surface area contributed by atoms with Crippen LogP contribution in [0.4, 0.5) is 0 Å². The summed E-state index contributed by atoms with van der Waals surface area (Å²) < 4.78 is 46.9. The molecule has 0 aromatic heterocycles. The summed E-state index contributed by atoms with van der Waals surface area (Å²) in [6.07, 6.45) is -7.02. The first-order valence-electron chi connectivity index (χ1n) is 4.66. The Labute approximate surface area is 75.0 Å². The van der Waals surface area contributed by atoms with Crippen molar-refractivity contribution in [2.24, 2.45) is 0 Å². The Morgan fingerprint density at radius 1 is 2.14 bits per heavy atom. The Morgan fingerprint density at radius 2 is 2.71 bits per heavy atom. The Hall–Kier alpha value is 0.470. The van der Waals surface area contributed by atoms with Crippen LogP contribution in [0, 0.1) is 0 Å². The van der Waals surface area contributed by atoms with Crippen LogP contribution in [0.2, 0.25) is 0 Å². The van der Waals surface area contributed by atoms with E-state index < -0.39 is 25.6 Å². The van der Waals surface area contributed by atoms with Gasteiger partial charge in [-0.25, -0.2) is 0 Å². The predicted molar refractivity (Wildman–Crippen MR) is 19.9 cm³/mol. The van der Waals surface area contributed by atoms with E-state index in [2.05, 4.69) is 0 Å². The molecule has 0 N–H and O–H groups in total. The van der Waals surface area contributed by atoms with Gasteiger partial charge in [0, 0.05) is 15.6 Å². The van der Waals surface area contributed by atoms with Crippen molar-refractivity contribution in [2.75, 3.05) is 0 Å². The molecule has 0 aliphatic heterocycles. The van der Waals surface area contributed by atoms with Crippen molar-refractivity contribution in [3.05, 3.63) is 0 Å². The van der Waals surface area contributed by atoms with Crippen LogP contribution in [0.15, 0.2) is 0 Å². The van der Waals surface area contributed by atoms with E-state index in [0.717, 1.165) is 0 Å². The molecule has 2 nitrogen and oxygen atoms in total. The molecule has 0 aromatic carbocycles. The minimum atomic E-state index is -3.54. The van der Waals surface area contributed by atoms with Crippen LogP contribution in [0.25, 0.3) is 0 Å². The van der Waals surface area contributed by atoms with Crippen LogP contribution in [0.3, 0.4) is 0 Å². The first-order chi connectivity index (χ1) is 5.44. The summed E-state index contributed by atoms with van der Waals surface area (Å²) in [4.78, 5) is 10.1. The fraction of sp³-hybridized carbons (Fsp3) is 0.750. The summed E-state index contributed by atoms with van der Waals surface area (Å²) in [5.74, 6) is -2.38. The molecule has 0 aromatic rings. The second-order valence-corrected chi connectivity index (χ2v) is 0.537. The van der Waals surface area contributed by atoms with Gasteiger partial charge in [0.15, 0.2) is 0 Å². The maximum atomic E-state index is 10.1. The van der Waals surface area contributed by atoms with Gasteiger partial charge in [0.25, 0.3) is 0 Å². The fourth-order valence-electron chi connectivity index (χ4n) is 0.0510. The summed E-state index contributed by atoms with van der Waals surface area (Å²) in [6, 6.07) is 0. The van der Waals surface area contributed by atoms with E-state index in [-0.39, 0.29) is 29.6 Å². The van der Waals surface area contributed by atoms with Crippen molar-refractivity contribution in [3.8, 4) is 0 Å². The van der Waals surface area contributed by atoms with Crippen LogP contribution >= 0.6 is 0 Å². The number of hydrogen-bond acceptors (Lipinski definition) is 2. The molecule has 3 heteroatoms. The van der Waals surface area contributed by atoms with Gasteiger partial charge in [0.2, 0.25) is 0 Å². The van der Waals surface area contributed by atoms with Crippen LogP contribution in [0.5, 0.6) is 0 Å².